The molecule has 0 aromatic heterocycles. The summed E-state index contributed by atoms with van der Waals surface area (Å²) in [6, 6.07) is -4.87. The molecule has 3 amide bonds. The van der Waals surface area contributed by atoms with Crippen molar-refractivity contribution in [3.05, 3.63) is 0 Å². The zero-order valence-electron chi connectivity index (χ0n) is 18.6. The predicted octanol–water partition coefficient (Wildman–Crippen LogP) is -2.85. The summed E-state index contributed by atoms with van der Waals surface area (Å²) in [4.78, 5) is 63.2. The van der Waals surface area contributed by atoms with E-state index in [1.165, 1.54) is 18.7 Å². The Kier molecular flexibility index (Phi) is 14.2. The molecular formula is C18H33N7O7S. The van der Waals surface area contributed by atoms with E-state index in [0.29, 0.717) is 12.2 Å². The quantitative estimate of drug-likeness (QED) is 0.0619. The van der Waals surface area contributed by atoms with Crippen LogP contribution in [0.4, 0.5) is 0 Å². The van der Waals surface area contributed by atoms with E-state index >= 15 is 0 Å². The van der Waals surface area contributed by atoms with Crippen molar-refractivity contribution >= 4 is 47.4 Å². The molecule has 0 aromatic carbocycles. The Balaban J connectivity index is 4.96. The van der Waals surface area contributed by atoms with Crippen LogP contribution >= 0.6 is 11.8 Å². The van der Waals surface area contributed by atoms with Gasteiger partial charge in [-0.3, -0.25) is 24.2 Å². The van der Waals surface area contributed by atoms with Gasteiger partial charge in [0.1, 0.15) is 18.1 Å². The molecule has 0 aliphatic rings. The van der Waals surface area contributed by atoms with Gasteiger partial charge in [0.05, 0.1) is 12.5 Å². The van der Waals surface area contributed by atoms with E-state index in [-0.39, 0.29) is 25.3 Å². The number of carboxylic acid groups (broad SMARTS) is 2. The lowest BCUT2D eigenvalue weighted by molar-refractivity contribution is -0.143. The summed E-state index contributed by atoms with van der Waals surface area (Å²) in [5.41, 5.74) is 16.2. The molecule has 15 heteroatoms. The molecule has 11 N–H and O–H groups in total. The molecule has 0 saturated carbocycles. The minimum absolute atomic E-state index is 0.0859. The number of carbonyl (C=O) groups is 5. The summed E-state index contributed by atoms with van der Waals surface area (Å²) >= 11 is 1.38. The predicted molar refractivity (Wildman–Crippen MR) is 122 cm³/mol. The molecule has 188 valence electrons. The number of hydrogen-bond donors (Lipinski definition) is 8. The van der Waals surface area contributed by atoms with Crippen molar-refractivity contribution in [2.75, 3.05) is 18.6 Å². The highest BCUT2D eigenvalue weighted by molar-refractivity contribution is 7.98. The standard InChI is InChI=1S/C18H33N7O7S/c1-9(23-15(29)10(19)4-3-6-22-18(20)21)14(28)25-12(8-13(26)27)16(30)24-11(17(31)32)5-7-33-2/h9-12H,3-8,19H2,1-2H3,(H,23,29)(H,24,30)(H,25,28)(H,26,27)(H,31,32)(H4,20,21,22). The fraction of sp³-hybridized carbons (Fsp3) is 0.667. The third kappa shape index (κ3) is 13.2. The van der Waals surface area contributed by atoms with Gasteiger partial charge in [-0.25, -0.2) is 4.79 Å². The normalized spacial score (nSPS) is 14.2. The van der Waals surface area contributed by atoms with Gasteiger partial charge < -0.3 is 43.4 Å². The van der Waals surface area contributed by atoms with E-state index in [0.717, 1.165) is 0 Å². The van der Waals surface area contributed by atoms with E-state index < -0.39 is 60.2 Å². The van der Waals surface area contributed by atoms with Gasteiger partial charge in [-0.15, -0.1) is 0 Å². The molecule has 0 aliphatic heterocycles. The van der Waals surface area contributed by atoms with Crippen LogP contribution in [0.15, 0.2) is 4.99 Å². The highest BCUT2D eigenvalue weighted by atomic mass is 32.2. The lowest BCUT2D eigenvalue weighted by Gasteiger charge is -2.23. The molecule has 0 rings (SSSR count). The number of guanidine groups is 1. The lowest BCUT2D eigenvalue weighted by Crippen LogP contribution is -2.56. The van der Waals surface area contributed by atoms with E-state index in [1.807, 2.05) is 0 Å². The average molecular weight is 492 g/mol. The molecule has 14 nitrogen and oxygen atoms in total. The van der Waals surface area contributed by atoms with Crippen LogP contribution in [0.1, 0.15) is 32.6 Å². The van der Waals surface area contributed by atoms with Crippen molar-refractivity contribution < 1.29 is 34.2 Å². The van der Waals surface area contributed by atoms with E-state index in [4.69, 9.17) is 22.3 Å². The van der Waals surface area contributed by atoms with Gasteiger partial charge >= 0.3 is 11.9 Å². The zero-order valence-corrected chi connectivity index (χ0v) is 19.4. The van der Waals surface area contributed by atoms with Crippen LogP contribution in [-0.2, 0) is 24.0 Å². The topological polar surface area (TPSA) is 252 Å². The van der Waals surface area contributed by atoms with Crippen LogP contribution in [0.3, 0.4) is 0 Å². The molecule has 0 heterocycles. The van der Waals surface area contributed by atoms with Crippen LogP contribution in [0.5, 0.6) is 0 Å². The first kappa shape index (κ1) is 29.9. The average Bonchev–Trinajstić information content (AvgIpc) is 2.72. The molecule has 0 radical (unpaired) electrons. The Bertz CT molecular complexity index is 731. The number of carbonyl (C=O) groups excluding carboxylic acids is 3. The number of nitrogens with two attached hydrogens (primary N) is 3. The molecule has 0 bridgehead atoms. The van der Waals surface area contributed by atoms with Gasteiger partial charge in [0.2, 0.25) is 17.7 Å². The highest BCUT2D eigenvalue weighted by Crippen LogP contribution is 2.03. The molecular weight excluding hydrogens is 458 g/mol. The fourth-order valence-electron chi connectivity index (χ4n) is 2.48. The van der Waals surface area contributed by atoms with Gasteiger partial charge in [0, 0.05) is 6.54 Å². The summed E-state index contributed by atoms with van der Waals surface area (Å²) in [6.45, 7) is 1.60. The van der Waals surface area contributed by atoms with Gasteiger partial charge in [0.25, 0.3) is 0 Å². The maximum atomic E-state index is 12.4. The first-order valence-corrected chi connectivity index (χ1v) is 11.4. The number of rotatable bonds is 16. The number of hydrogen-bond acceptors (Lipinski definition) is 8. The molecule has 4 unspecified atom stereocenters. The maximum Gasteiger partial charge on any atom is 0.326 e. The van der Waals surface area contributed by atoms with Gasteiger partial charge in [-0.1, -0.05) is 0 Å². The molecule has 4 atom stereocenters. The second-order valence-corrected chi connectivity index (χ2v) is 8.11. The number of nitrogens with zero attached hydrogens (tertiary/aromatic N) is 1. The summed E-state index contributed by atoms with van der Waals surface area (Å²) in [5.74, 6) is -4.75. The van der Waals surface area contributed by atoms with Crippen molar-refractivity contribution in [3.63, 3.8) is 0 Å². The minimum Gasteiger partial charge on any atom is -0.481 e. The Morgan fingerprint density at radius 3 is 2.06 bits per heavy atom. The Hall–Kier alpha value is -3.07. The first-order chi connectivity index (χ1) is 15.4. The second-order valence-electron chi connectivity index (χ2n) is 7.13. The van der Waals surface area contributed by atoms with Crippen LogP contribution in [0, 0.1) is 0 Å². The highest BCUT2D eigenvalue weighted by Gasteiger charge is 2.30. The zero-order chi connectivity index (χ0) is 25.6. The van der Waals surface area contributed by atoms with Crippen molar-refractivity contribution in [2.45, 2.75) is 56.8 Å². The number of amides is 3. The number of aliphatic imine (C=N–C) groups is 1. The monoisotopic (exact) mass is 491 g/mol. The molecule has 0 fully saturated rings. The van der Waals surface area contributed by atoms with Crippen molar-refractivity contribution in [3.8, 4) is 0 Å². The summed E-state index contributed by atoms with van der Waals surface area (Å²) in [7, 11) is 0. The summed E-state index contributed by atoms with van der Waals surface area (Å²) in [5, 5.41) is 25.1. The summed E-state index contributed by atoms with van der Waals surface area (Å²) < 4.78 is 0. The van der Waals surface area contributed by atoms with Gasteiger partial charge in [0.15, 0.2) is 5.96 Å². The Morgan fingerprint density at radius 1 is 0.939 bits per heavy atom. The molecule has 0 aliphatic carbocycles. The SMILES string of the molecule is CSCCC(NC(=O)C(CC(=O)O)NC(=O)C(C)NC(=O)C(N)CCCN=C(N)N)C(=O)O. The van der Waals surface area contributed by atoms with Crippen molar-refractivity contribution in [1.29, 1.82) is 0 Å². The van der Waals surface area contributed by atoms with Crippen LogP contribution < -0.4 is 33.2 Å². The van der Waals surface area contributed by atoms with E-state index in [2.05, 4.69) is 20.9 Å². The molecule has 33 heavy (non-hydrogen) atoms. The number of nitrogens with one attached hydrogen (secondary N) is 3. The number of aliphatic carboxylic acids is 2. The molecule has 0 spiro atoms. The minimum atomic E-state index is -1.54. The van der Waals surface area contributed by atoms with Crippen molar-refractivity contribution in [2.24, 2.45) is 22.2 Å². The smallest absolute Gasteiger partial charge is 0.326 e. The largest absolute Gasteiger partial charge is 0.481 e. The Labute approximate surface area is 195 Å². The maximum absolute atomic E-state index is 12.4. The molecule has 0 aromatic rings. The van der Waals surface area contributed by atoms with E-state index in [1.54, 1.807) is 6.26 Å². The first-order valence-electron chi connectivity index (χ1n) is 10.0. The summed E-state index contributed by atoms with van der Waals surface area (Å²) in [6.07, 6.45) is 1.77. The molecule has 0 saturated heterocycles. The van der Waals surface area contributed by atoms with Gasteiger partial charge in [-0.2, -0.15) is 11.8 Å². The third-order valence-corrected chi connectivity index (χ3v) is 4.94. The Morgan fingerprint density at radius 2 is 1.55 bits per heavy atom. The third-order valence-electron chi connectivity index (χ3n) is 4.29. The van der Waals surface area contributed by atoms with Crippen LogP contribution in [0.25, 0.3) is 0 Å². The van der Waals surface area contributed by atoms with Crippen LogP contribution in [0.2, 0.25) is 0 Å². The number of thioether (sulfide) groups is 1. The van der Waals surface area contributed by atoms with E-state index in [9.17, 15) is 29.1 Å². The lowest BCUT2D eigenvalue weighted by atomic mass is 10.1. The fourth-order valence-corrected chi connectivity index (χ4v) is 2.95. The second kappa shape index (κ2) is 15.7. The number of carboxylic acids is 2. The van der Waals surface area contributed by atoms with Crippen LogP contribution in [-0.4, -0.2) is 88.6 Å². The van der Waals surface area contributed by atoms with Gasteiger partial charge in [-0.05, 0) is 38.2 Å². The van der Waals surface area contributed by atoms with Crippen molar-refractivity contribution in [1.82, 2.24) is 16.0 Å².